The smallest absolute Gasteiger partial charge is 0.416 e. The number of halogens is 1. The fourth-order valence-corrected chi connectivity index (χ4v) is 2.34. The molecule has 0 unspecified atom stereocenters. The molecule has 2 amide bonds. The molecule has 1 fully saturated rings. The van der Waals surface area contributed by atoms with E-state index in [0.717, 1.165) is 16.7 Å². The predicted octanol–water partition coefficient (Wildman–Crippen LogP) is 1.48. The van der Waals surface area contributed by atoms with Gasteiger partial charge in [0.1, 0.15) is 12.4 Å². The van der Waals surface area contributed by atoms with Crippen molar-refractivity contribution in [1.82, 2.24) is 4.90 Å². The minimum Gasteiger partial charge on any atom is -0.447 e. The second-order valence-electron chi connectivity index (χ2n) is 3.63. The molecule has 2 rings (SSSR count). The number of amides is 2. The first-order valence-corrected chi connectivity index (χ1v) is 6.21. The SMILES string of the molecule is Nc1ccc(F)cc1SCC(=O)N1CCOC1=O. The topological polar surface area (TPSA) is 72.6 Å². The van der Waals surface area contributed by atoms with Gasteiger partial charge >= 0.3 is 6.09 Å². The van der Waals surface area contributed by atoms with Gasteiger partial charge in [0, 0.05) is 10.6 Å². The van der Waals surface area contributed by atoms with Crippen LogP contribution in [0.4, 0.5) is 14.9 Å². The minimum atomic E-state index is -0.632. The molecular weight excluding hydrogens is 259 g/mol. The van der Waals surface area contributed by atoms with Gasteiger partial charge in [-0.1, -0.05) is 0 Å². The molecule has 0 radical (unpaired) electrons. The number of nitrogen functional groups attached to an aromatic ring is 1. The second-order valence-corrected chi connectivity index (χ2v) is 4.65. The summed E-state index contributed by atoms with van der Waals surface area (Å²) in [7, 11) is 0. The Morgan fingerprint density at radius 3 is 3.00 bits per heavy atom. The molecule has 18 heavy (non-hydrogen) atoms. The molecule has 0 atom stereocenters. The van der Waals surface area contributed by atoms with E-state index in [9.17, 15) is 14.0 Å². The first-order chi connectivity index (χ1) is 8.58. The van der Waals surface area contributed by atoms with E-state index >= 15 is 0 Å². The molecule has 7 heteroatoms. The number of hydrogen-bond acceptors (Lipinski definition) is 5. The van der Waals surface area contributed by atoms with Gasteiger partial charge in [0.05, 0.1) is 12.3 Å². The quantitative estimate of drug-likeness (QED) is 0.665. The van der Waals surface area contributed by atoms with E-state index in [1.165, 1.54) is 18.2 Å². The summed E-state index contributed by atoms with van der Waals surface area (Å²) in [4.78, 5) is 24.3. The Balaban J connectivity index is 1.97. The lowest BCUT2D eigenvalue weighted by Gasteiger charge is -2.10. The van der Waals surface area contributed by atoms with Crippen LogP contribution in [-0.4, -0.2) is 35.8 Å². The lowest BCUT2D eigenvalue weighted by atomic mass is 10.3. The summed E-state index contributed by atoms with van der Waals surface area (Å²) in [5.41, 5.74) is 6.05. The van der Waals surface area contributed by atoms with Crippen LogP contribution in [0.5, 0.6) is 0 Å². The van der Waals surface area contributed by atoms with Crippen LogP contribution in [0.2, 0.25) is 0 Å². The Labute approximate surface area is 107 Å². The number of nitrogens with two attached hydrogens (primary N) is 1. The maximum Gasteiger partial charge on any atom is 0.416 e. The molecule has 96 valence electrons. The van der Waals surface area contributed by atoms with Crippen LogP contribution in [0.15, 0.2) is 23.1 Å². The van der Waals surface area contributed by atoms with Gasteiger partial charge in [-0.25, -0.2) is 14.1 Å². The summed E-state index contributed by atoms with van der Waals surface area (Å²) in [6.45, 7) is 0.480. The lowest BCUT2D eigenvalue weighted by Crippen LogP contribution is -2.32. The maximum absolute atomic E-state index is 13.0. The average molecular weight is 270 g/mol. The van der Waals surface area contributed by atoms with Crippen molar-refractivity contribution < 1.29 is 18.7 Å². The first-order valence-electron chi connectivity index (χ1n) is 5.23. The fourth-order valence-electron chi connectivity index (χ4n) is 1.47. The van der Waals surface area contributed by atoms with E-state index in [1.54, 1.807) is 0 Å². The van der Waals surface area contributed by atoms with Gasteiger partial charge in [0.2, 0.25) is 5.91 Å². The number of anilines is 1. The van der Waals surface area contributed by atoms with Crippen molar-refractivity contribution in [3.63, 3.8) is 0 Å². The Hall–Kier alpha value is -1.76. The number of nitrogens with zero attached hydrogens (tertiary/aromatic N) is 1. The van der Waals surface area contributed by atoms with Gasteiger partial charge in [0.15, 0.2) is 0 Å². The highest BCUT2D eigenvalue weighted by Crippen LogP contribution is 2.26. The van der Waals surface area contributed by atoms with Gasteiger partial charge in [-0.3, -0.25) is 4.79 Å². The van der Waals surface area contributed by atoms with Crippen molar-refractivity contribution in [2.75, 3.05) is 24.6 Å². The Morgan fingerprint density at radius 2 is 2.33 bits per heavy atom. The zero-order valence-electron chi connectivity index (χ0n) is 9.39. The van der Waals surface area contributed by atoms with Crippen LogP contribution in [-0.2, 0) is 9.53 Å². The number of imide groups is 1. The lowest BCUT2D eigenvalue weighted by molar-refractivity contribution is -0.124. The molecule has 0 bridgehead atoms. The number of thioether (sulfide) groups is 1. The molecule has 0 aromatic heterocycles. The third-order valence-corrected chi connectivity index (χ3v) is 3.44. The number of rotatable bonds is 3. The number of benzene rings is 1. The third kappa shape index (κ3) is 2.73. The van der Waals surface area contributed by atoms with Crippen LogP contribution < -0.4 is 5.73 Å². The summed E-state index contributed by atoms with van der Waals surface area (Å²) in [6.07, 6.45) is -0.632. The number of cyclic esters (lactones) is 1. The highest BCUT2D eigenvalue weighted by Gasteiger charge is 2.28. The summed E-state index contributed by atoms with van der Waals surface area (Å²) in [5.74, 6) is -0.770. The summed E-state index contributed by atoms with van der Waals surface area (Å²) >= 11 is 1.09. The fraction of sp³-hybridized carbons (Fsp3) is 0.273. The molecule has 1 aromatic carbocycles. The van der Waals surface area contributed by atoms with Crippen molar-refractivity contribution in [3.05, 3.63) is 24.0 Å². The molecule has 5 nitrogen and oxygen atoms in total. The summed E-state index contributed by atoms with van der Waals surface area (Å²) in [5, 5.41) is 0. The van der Waals surface area contributed by atoms with Crippen LogP contribution >= 0.6 is 11.8 Å². The second kappa shape index (κ2) is 5.26. The molecule has 1 heterocycles. The van der Waals surface area contributed by atoms with Gasteiger partial charge in [-0.2, -0.15) is 0 Å². The molecule has 1 aromatic rings. The number of ether oxygens (including phenoxy) is 1. The van der Waals surface area contributed by atoms with E-state index in [4.69, 9.17) is 5.73 Å². The highest BCUT2D eigenvalue weighted by atomic mass is 32.2. The highest BCUT2D eigenvalue weighted by molar-refractivity contribution is 8.00. The molecule has 1 aliphatic heterocycles. The zero-order valence-corrected chi connectivity index (χ0v) is 10.2. The average Bonchev–Trinajstić information content (AvgIpc) is 2.76. The van der Waals surface area contributed by atoms with Crippen LogP contribution in [0.25, 0.3) is 0 Å². The molecule has 0 spiro atoms. The van der Waals surface area contributed by atoms with Gasteiger partial charge in [0.25, 0.3) is 0 Å². The predicted molar refractivity (Wildman–Crippen MR) is 64.6 cm³/mol. The Kier molecular flexibility index (Phi) is 3.71. The van der Waals surface area contributed by atoms with Crippen LogP contribution in [0.3, 0.4) is 0 Å². The number of carbonyl (C=O) groups excluding carboxylic acids is 2. The van der Waals surface area contributed by atoms with E-state index < -0.39 is 11.9 Å². The van der Waals surface area contributed by atoms with Gasteiger partial charge < -0.3 is 10.5 Å². The van der Waals surface area contributed by atoms with Crippen LogP contribution in [0, 0.1) is 5.82 Å². The molecule has 0 aliphatic carbocycles. The zero-order chi connectivity index (χ0) is 13.1. The third-order valence-electron chi connectivity index (χ3n) is 2.39. The Morgan fingerprint density at radius 1 is 1.56 bits per heavy atom. The van der Waals surface area contributed by atoms with E-state index in [0.29, 0.717) is 10.6 Å². The van der Waals surface area contributed by atoms with Gasteiger partial charge in [-0.15, -0.1) is 11.8 Å². The standard InChI is InChI=1S/C11H11FN2O3S/c12-7-1-2-8(13)9(5-7)18-6-10(15)14-3-4-17-11(14)16/h1-2,5H,3-4,6,13H2. The summed E-state index contributed by atoms with van der Waals surface area (Å²) < 4.78 is 17.6. The maximum atomic E-state index is 13.0. The van der Waals surface area contributed by atoms with Gasteiger partial charge in [-0.05, 0) is 18.2 Å². The molecule has 1 aliphatic rings. The van der Waals surface area contributed by atoms with Crippen molar-refractivity contribution in [2.45, 2.75) is 4.90 Å². The molecule has 0 saturated carbocycles. The van der Waals surface area contributed by atoms with Crippen molar-refractivity contribution >= 4 is 29.4 Å². The molecule has 1 saturated heterocycles. The van der Waals surface area contributed by atoms with E-state index in [-0.39, 0.29) is 24.8 Å². The van der Waals surface area contributed by atoms with E-state index in [2.05, 4.69) is 4.74 Å². The Bertz CT molecular complexity index is 495. The summed E-state index contributed by atoms with van der Waals surface area (Å²) in [6, 6.07) is 3.95. The monoisotopic (exact) mass is 270 g/mol. The minimum absolute atomic E-state index is 0.0166. The largest absolute Gasteiger partial charge is 0.447 e. The molecular formula is C11H11FN2O3S. The molecule has 2 N–H and O–H groups in total. The normalized spacial score (nSPS) is 14.7. The first kappa shape index (κ1) is 12.7. The van der Waals surface area contributed by atoms with Crippen molar-refractivity contribution in [2.24, 2.45) is 0 Å². The number of hydrogen-bond donors (Lipinski definition) is 1. The van der Waals surface area contributed by atoms with E-state index in [1.807, 2.05) is 0 Å². The van der Waals surface area contributed by atoms with Crippen molar-refractivity contribution in [3.8, 4) is 0 Å². The van der Waals surface area contributed by atoms with Crippen LogP contribution in [0.1, 0.15) is 0 Å². The number of carbonyl (C=O) groups is 2. The van der Waals surface area contributed by atoms with Crippen molar-refractivity contribution in [1.29, 1.82) is 0 Å².